The lowest BCUT2D eigenvalue weighted by Crippen LogP contribution is -2.40. The molecule has 1 heterocycles. The predicted molar refractivity (Wildman–Crippen MR) is 50.8 cm³/mol. The van der Waals surface area contributed by atoms with Gasteiger partial charge in [-0.2, -0.15) is 4.65 Å². The van der Waals surface area contributed by atoms with Crippen molar-refractivity contribution in [2.24, 2.45) is 0 Å². The van der Waals surface area contributed by atoms with Crippen molar-refractivity contribution in [3.8, 4) is 0 Å². The van der Waals surface area contributed by atoms with E-state index in [2.05, 4.69) is 18.6 Å². The van der Waals surface area contributed by atoms with E-state index in [9.17, 15) is 5.21 Å². The first-order chi connectivity index (χ1) is 6.29. The molecule has 0 aromatic heterocycles. The molecule has 1 saturated heterocycles. The van der Waals surface area contributed by atoms with E-state index in [4.69, 9.17) is 0 Å². The smallest absolute Gasteiger partial charge is 0.134 e. The van der Waals surface area contributed by atoms with Crippen molar-refractivity contribution in [3.63, 3.8) is 0 Å². The van der Waals surface area contributed by atoms with Crippen LogP contribution in [0, 0.1) is 6.42 Å². The fourth-order valence-electron chi connectivity index (χ4n) is 1.82. The van der Waals surface area contributed by atoms with Gasteiger partial charge in [-0.1, -0.05) is 30.3 Å². The zero-order valence-corrected chi connectivity index (χ0v) is 7.69. The third-order valence-corrected chi connectivity index (χ3v) is 2.54. The van der Waals surface area contributed by atoms with Crippen LogP contribution in [0.4, 0.5) is 0 Å². The topological polar surface area (TPSA) is 20.2 Å². The normalized spacial score (nSPS) is 20.4. The zero-order chi connectivity index (χ0) is 9.15. The second-order valence-corrected chi connectivity index (χ2v) is 3.72. The number of hydrogen-bond donors (Lipinski definition) is 1. The molecule has 1 fully saturated rings. The van der Waals surface area contributed by atoms with E-state index in [0.29, 0.717) is 0 Å². The van der Waals surface area contributed by atoms with Crippen LogP contribution < -0.4 is 0 Å². The summed E-state index contributed by atoms with van der Waals surface area (Å²) in [7, 11) is 0. The van der Waals surface area contributed by atoms with Crippen molar-refractivity contribution in [1.29, 1.82) is 0 Å². The van der Waals surface area contributed by atoms with Gasteiger partial charge < -0.3 is 0 Å². The summed E-state index contributed by atoms with van der Waals surface area (Å²) in [5.74, 6) is 0. The van der Waals surface area contributed by atoms with Gasteiger partial charge in [-0.05, 0) is 0 Å². The molecule has 1 aliphatic heterocycles. The maximum Gasteiger partial charge on any atom is 0.134 e. The molecule has 0 bridgehead atoms. The van der Waals surface area contributed by atoms with Gasteiger partial charge in [0.1, 0.15) is 19.6 Å². The van der Waals surface area contributed by atoms with E-state index >= 15 is 0 Å². The highest BCUT2D eigenvalue weighted by Gasteiger charge is 2.30. The van der Waals surface area contributed by atoms with Crippen LogP contribution in [0.3, 0.4) is 0 Å². The molecule has 13 heavy (non-hydrogen) atoms. The van der Waals surface area contributed by atoms with Gasteiger partial charge in [0.25, 0.3) is 0 Å². The molecule has 2 rings (SSSR count). The number of rotatable bonds is 2. The van der Waals surface area contributed by atoms with Gasteiger partial charge in [0, 0.05) is 18.4 Å². The quantitative estimate of drug-likeness (QED) is 0.685. The maximum atomic E-state index is 10.1. The van der Waals surface area contributed by atoms with E-state index in [1.165, 1.54) is 5.56 Å². The molecule has 0 aliphatic carbocycles. The standard InChI is InChI=1S/C11H15NO/c13-12(8-4-5-9-12)10-11-6-2-1-3-7-11/h1-4,6-7,13H,5,8-10H2/q+1. The highest BCUT2D eigenvalue weighted by atomic mass is 16.5. The fraction of sp³-hybridized carbons (Fsp3) is 0.364. The molecule has 1 aliphatic rings. The Hall–Kier alpha value is -0.860. The van der Waals surface area contributed by atoms with Gasteiger partial charge in [-0.3, -0.25) is 0 Å². The Kier molecular flexibility index (Phi) is 2.34. The Balaban J connectivity index is 2.05. The molecular weight excluding hydrogens is 162 g/mol. The van der Waals surface area contributed by atoms with Crippen LogP contribution in [0.15, 0.2) is 30.3 Å². The number of quaternary nitrogens is 1. The summed E-state index contributed by atoms with van der Waals surface area (Å²) in [6.45, 7) is 2.38. The summed E-state index contributed by atoms with van der Waals surface area (Å²) < 4.78 is 0.185. The minimum absolute atomic E-state index is 0.185. The third-order valence-electron chi connectivity index (χ3n) is 2.54. The average molecular weight is 177 g/mol. The average Bonchev–Trinajstić information content (AvgIpc) is 2.54. The zero-order valence-electron chi connectivity index (χ0n) is 7.69. The largest absolute Gasteiger partial charge is 0.217 e. The summed E-state index contributed by atoms with van der Waals surface area (Å²) in [5, 5.41) is 10.1. The van der Waals surface area contributed by atoms with Gasteiger partial charge in [-0.25, -0.2) is 5.21 Å². The minimum atomic E-state index is 0.185. The lowest BCUT2D eigenvalue weighted by Gasteiger charge is -2.24. The molecule has 2 nitrogen and oxygen atoms in total. The van der Waals surface area contributed by atoms with E-state index in [1.807, 2.05) is 18.2 Å². The summed E-state index contributed by atoms with van der Waals surface area (Å²) in [6, 6.07) is 10.2. The maximum absolute atomic E-state index is 10.1. The molecule has 1 aromatic carbocycles. The Bertz CT molecular complexity index is 265. The third kappa shape index (κ3) is 2.08. The van der Waals surface area contributed by atoms with Gasteiger partial charge in [-0.15, -0.1) is 0 Å². The number of nitrogens with zero attached hydrogens (tertiary/aromatic N) is 1. The second-order valence-electron chi connectivity index (χ2n) is 3.72. The highest BCUT2D eigenvalue weighted by molar-refractivity contribution is 5.13. The molecular formula is C11H15NO+. The Morgan fingerprint density at radius 1 is 1.23 bits per heavy atom. The van der Waals surface area contributed by atoms with Crippen LogP contribution in [-0.4, -0.2) is 22.9 Å². The second kappa shape index (κ2) is 3.48. The van der Waals surface area contributed by atoms with Crippen LogP contribution >= 0.6 is 0 Å². The van der Waals surface area contributed by atoms with Gasteiger partial charge in [0.05, 0.1) is 0 Å². The first kappa shape index (κ1) is 8.73. The van der Waals surface area contributed by atoms with E-state index in [0.717, 1.165) is 26.1 Å². The van der Waals surface area contributed by atoms with E-state index < -0.39 is 0 Å². The number of benzene rings is 1. The van der Waals surface area contributed by atoms with Crippen LogP contribution in [-0.2, 0) is 6.54 Å². The van der Waals surface area contributed by atoms with Gasteiger partial charge in [0.15, 0.2) is 0 Å². The molecule has 1 radical (unpaired) electrons. The summed E-state index contributed by atoms with van der Waals surface area (Å²) >= 11 is 0. The van der Waals surface area contributed by atoms with Crippen LogP contribution in [0.5, 0.6) is 0 Å². The lowest BCUT2D eigenvalue weighted by molar-refractivity contribution is -1.10. The van der Waals surface area contributed by atoms with Crippen LogP contribution in [0.1, 0.15) is 12.0 Å². The molecule has 2 heteroatoms. The molecule has 69 valence electrons. The van der Waals surface area contributed by atoms with Crippen molar-refractivity contribution in [2.75, 3.05) is 13.1 Å². The SMILES string of the molecule is O[N+]1(Cc2ccccc2)C[CH]CC1. The number of hydroxylamine groups is 3. The summed E-state index contributed by atoms with van der Waals surface area (Å²) in [6.07, 6.45) is 3.19. The fourth-order valence-corrected chi connectivity index (χ4v) is 1.82. The summed E-state index contributed by atoms with van der Waals surface area (Å²) in [5.41, 5.74) is 1.21. The minimum Gasteiger partial charge on any atom is -0.217 e. The Labute approximate surface area is 79.0 Å². The highest BCUT2D eigenvalue weighted by Crippen LogP contribution is 2.19. The summed E-state index contributed by atoms with van der Waals surface area (Å²) in [4.78, 5) is 0. The van der Waals surface area contributed by atoms with Gasteiger partial charge in [0.2, 0.25) is 0 Å². The molecule has 1 atom stereocenters. The monoisotopic (exact) mass is 177 g/mol. The molecule has 0 saturated carbocycles. The first-order valence-electron chi connectivity index (χ1n) is 4.73. The molecule has 0 spiro atoms. The first-order valence-corrected chi connectivity index (χ1v) is 4.73. The molecule has 0 amide bonds. The van der Waals surface area contributed by atoms with Crippen molar-refractivity contribution < 1.29 is 9.85 Å². The molecule has 1 N–H and O–H groups in total. The van der Waals surface area contributed by atoms with E-state index in [-0.39, 0.29) is 4.65 Å². The van der Waals surface area contributed by atoms with Crippen LogP contribution in [0.25, 0.3) is 0 Å². The molecule has 1 unspecified atom stereocenters. The van der Waals surface area contributed by atoms with Crippen molar-refractivity contribution in [1.82, 2.24) is 0 Å². The number of hydrogen-bond acceptors (Lipinski definition) is 1. The van der Waals surface area contributed by atoms with Crippen molar-refractivity contribution in [2.45, 2.75) is 13.0 Å². The van der Waals surface area contributed by atoms with Crippen molar-refractivity contribution >= 4 is 0 Å². The molecule has 1 aromatic rings. The Morgan fingerprint density at radius 2 is 2.00 bits per heavy atom. The lowest BCUT2D eigenvalue weighted by atomic mass is 10.2. The number of likely N-dealkylation sites (tertiary alicyclic amines) is 1. The van der Waals surface area contributed by atoms with Gasteiger partial charge >= 0.3 is 0 Å². The van der Waals surface area contributed by atoms with Crippen molar-refractivity contribution in [3.05, 3.63) is 42.3 Å². The Morgan fingerprint density at radius 3 is 2.62 bits per heavy atom. The van der Waals surface area contributed by atoms with Crippen LogP contribution in [0.2, 0.25) is 0 Å². The van der Waals surface area contributed by atoms with E-state index in [1.54, 1.807) is 0 Å². The predicted octanol–water partition coefficient (Wildman–Crippen LogP) is 2.00.